The number of aromatic nitrogens is 1. The monoisotopic (exact) mass is 452 g/mol. The van der Waals surface area contributed by atoms with E-state index in [4.69, 9.17) is 14.5 Å². The van der Waals surface area contributed by atoms with E-state index >= 15 is 0 Å². The minimum atomic E-state index is -0.414. The van der Waals surface area contributed by atoms with Crippen molar-refractivity contribution >= 4 is 34.0 Å². The molecule has 3 rings (SSSR count). The van der Waals surface area contributed by atoms with Gasteiger partial charge < -0.3 is 9.47 Å². The van der Waals surface area contributed by atoms with Crippen molar-refractivity contribution < 1.29 is 19.1 Å². The summed E-state index contributed by atoms with van der Waals surface area (Å²) in [4.78, 5) is 32.5. The Bertz CT molecular complexity index is 1060. The maximum atomic E-state index is 13.1. The molecular formula is C25H28N2O4S. The molecule has 168 valence electrons. The number of carbonyl (C=O) groups is 2. The summed E-state index contributed by atoms with van der Waals surface area (Å²) in [5, 5.41) is 0.620. The Morgan fingerprint density at radius 2 is 1.69 bits per heavy atom. The summed E-state index contributed by atoms with van der Waals surface area (Å²) < 4.78 is 10.3. The van der Waals surface area contributed by atoms with Gasteiger partial charge in [0.2, 0.25) is 5.91 Å². The lowest BCUT2D eigenvalue weighted by atomic mass is 10.1. The van der Waals surface area contributed by atoms with Crippen LogP contribution in [-0.4, -0.2) is 30.6 Å². The van der Waals surface area contributed by atoms with Crippen molar-refractivity contribution in [1.29, 1.82) is 0 Å². The number of thiazole rings is 1. The van der Waals surface area contributed by atoms with Crippen LogP contribution in [0.5, 0.6) is 5.75 Å². The summed E-state index contributed by atoms with van der Waals surface area (Å²) in [5.74, 6) is 0.367. The van der Waals surface area contributed by atoms with Crippen molar-refractivity contribution in [3.63, 3.8) is 0 Å². The molecule has 0 fully saturated rings. The van der Waals surface area contributed by atoms with Crippen molar-refractivity contribution in [1.82, 2.24) is 4.98 Å². The molecule has 3 aromatic rings. The summed E-state index contributed by atoms with van der Waals surface area (Å²) in [6.45, 7) is 6.62. The van der Waals surface area contributed by atoms with Gasteiger partial charge in [0, 0.05) is 16.9 Å². The predicted molar refractivity (Wildman–Crippen MR) is 128 cm³/mol. The van der Waals surface area contributed by atoms with Crippen LogP contribution in [0.15, 0.2) is 48.5 Å². The van der Waals surface area contributed by atoms with Crippen LogP contribution in [-0.2, 0) is 16.0 Å². The van der Waals surface area contributed by atoms with E-state index in [0.717, 1.165) is 34.7 Å². The zero-order chi connectivity index (χ0) is 23.1. The Morgan fingerprint density at radius 1 is 1.00 bits per heavy atom. The van der Waals surface area contributed by atoms with Gasteiger partial charge in [0.15, 0.2) is 5.13 Å². The quantitative estimate of drug-likeness (QED) is 0.371. The van der Waals surface area contributed by atoms with E-state index in [2.05, 4.69) is 6.92 Å². The Morgan fingerprint density at radius 3 is 2.25 bits per heavy atom. The minimum Gasteiger partial charge on any atom is -0.494 e. The van der Waals surface area contributed by atoms with E-state index in [1.54, 1.807) is 29.2 Å². The van der Waals surface area contributed by atoms with Crippen LogP contribution >= 0.6 is 11.3 Å². The molecule has 7 heteroatoms. The molecule has 0 radical (unpaired) electrons. The molecule has 1 heterocycles. The van der Waals surface area contributed by atoms with Gasteiger partial charge in [-0.2, -0.15) is 0 Å². The molecule has 0 aliphatic heterocycles. The van der Waals surface area contributed by atoms with Gasteiger partial charge in [-0.3, -0.25) is 9.69 Å². The number of nitrogens with zero attached hydrogens (tertiary/aromatic N) is 2. The summed E-state index contributed by atoms with van der Waals surface area (Å²) in [6.07, 6.45) is 1.93. The minimum absolute atomic E-state index is 0.0343. The fourth-order valence-electron chi connectivity index (χ4n) is 3.33. The third-order valence-corrected chi connectivity index (χ3v) is 6.08. The molecule has 0 aliphatic carbocycles. The molecule has 1 amide bonds. The molecule has 0 aliphatic rings. The largest absolute Gasteiger partial charge is 0.494 e. The van der Waals surface area contributed by atoms with Gasteiger partial charge in [0.1, 0.15) is 5.75 Å². The lowest BCUT2D eigenvalue weighted by molar-refractivity contribution is -0.117. The van der Waals surface area contributed by atoms with E-state index in [-0.39, 0.29) is 5.91 Å². The average molecular weight is 453 g/mol. The molecule has 0 unspecified atom stereocenters. The predicted octanol–water partition coefficient (Wildman–Crippen LogP) is 6.02. The van der Waals surface area contributed by atoms with E-state index in [0.29, 0.717) is 29.4 Å². The highest BCUT2D eigenvalue weighted by molar-refractivity contribution is 7.16. The first-order valence-electron chi connectivity index (χ1n) is 10.8. The molecule has 0 spiro atoms. The Balaban J connectivity index is 2.01. The Hall–Kier alpha value is -3.19. The standard InChI is InChI=1S/C25H28N2O4S/c1-5-8-22(28)27(19-13-9-18(10-14-19)24(29)30-4)25-26-23(21(6-2)32-25)17-11-15-20(16-12-17)31-7-3/h9-16H,5-8H2,1-4H3. The van der Waals surface area contributed by atoms with Crippen molar-refractivity contribution in [2.45, 2.75) is 40.0 Å². The first-order chi connectivity index (χ1) is 15.5. The van der Waals surface area contributed by atoms with Gasteiger partial charge in [0.25, 0.3) is 0 Å². The zero-order valence-electron chi connectivity index (χ0n) is 18.9. The third kappa shape index (κ3) is 5.16. The van der Waals surface area contributed by atoms with E-state index in [1.807, 2.05) is 38.1 Å². The van der Waals surface area contributed by atoms with Gasteiger partial charge in [0.05, 0.1) is 30.7 Å². The highest BCUT2D eigenvalue weighted by Crippen LogP contribution is 2.37. The number of benzene rings is 2. The number of amides is 1. The number of hydrogen-bond donors (Lipinski definition) is 0. The molecule has 0 bridgehead atoms. The van der Waals surface area contributed by atoms with Crippen molar-refractivity contribution in [2.75, 3.05) is 18.6 Å². The Kier molecular flexibility index (Phi) is 8.00. The van der Waals surface area contributed by atoms with E-state index in [1.165, 1.54) is 18.4 Å². The summed E-state index contributed by atoms with van der Waals surface area (Å²) >= 11 is 1.51. The van der Waals surface area contributed by atoms with Gasteiger partial charge in [-0.25, -0.2) is 9.78 Å². The molecule has 0 atom stereocenters. The smallest absolute Gasteiger partial charge is 0.337 e. The number of hydrogen-bond acceptors (Lipinski definition) is 6. The van der Waals surface area contributed by atoms with Crippen LogP contribution in [0.25, 0.3) is 11.3 Å². The number of esters is 1. The highest BCUT2D eigenvalue weighted by Gasteiger charge is 2.23. The van der Waals surface area contributed by atoms with E-state index in [9.17, 15) is 9.59 Å². The van der Waals surface area contributed by atoms with Gasteiger partial charge >= 0.3 is 5.97 Å². The van der Waals surface area contributed by atoms with Crippen LogP contribution in [0.4, 0.5) is 10.8 Å². The first kappa shape index (κ1) is 23.5. The number of methoxy groups -OCH3 is 1. The molecule has 6 nitrogen and oxygen atoms in total. The zero-order valence-corrected chi connectivity index (χ0v) is 19.7. The van der Waals surface area contributed by atoms with Crippen LogP contribution in [0.2, 0.25) is 0 Å². The lowest BCUT2D eigenvalue weighted by Crippen LogP contribution is -2.25. The molecule has 0 saturated heterocycles. The summed E-state index contributed by atoms with van der Waals surface area (Å²) in [5.41, 5.74) is 2.96. The topological polar surface area (TPSA) is 68.7 Å². The van der Waals surface area contributed by atoms with Crippen LogP contribution in [0, 0.1) is 0 Å². The normalized spacial score (nSPS) is 10.6. The molecule has 1 aromatic heterocycles. The van der Waals surface area contributed by atoms with Gasteiger partial charge in [-0.1, -0.05) is 13.8 Å². The number of ether oxygens (including phenoxy) is 2. The highest BCUT2D eigenvalue weighted by atomic mass is 32.1. The van der Waals surface area contributed by atoms with Crippen molar-refractivity contribution in [3.05, 3.63) is 59.0 Å². The first-order valence-corrected chi connectivity index (χ1v) is 11.6. The van der Waals surface area contributed by atoms with Gasteiger partial charge in [-0.15, -0.1) is 11.3 Å². The fourth-order valence-corrected chi connectivity index (χ4v) is 4.39. The molecule has 2 aromatic carbocycles. The average Bonchev–Trinajstić information content (AvgIpc) is 3.24. The van der Waals surface area contributed by atoms with Crippen LogP contribution < -0.4 is 9.64 Å². The SMILES string of the molecule is CCCC(=O)N(c1ccc(C(=O)OC)cc1)c1nc(-c2ccc(OCC)cc2)c(CC)s1. The molecule has 32 heavy (non-hydrogen) atoms. The number of aryl methyl sites for hydroxylation is 1. The lowest BCUT2D eigenvalue weighted by Gasteiger charge is -2.20. The second kappa shape index (κ2) is 10.9. The third-order valence-electron chi connectivity index (χ3n) is 4.90. The second-order valence-corrected chi connectivity index (χ2v) is 8.16. The van der Waals surface area contributed by atoms with Crippen molar-refractivity contribution in [2.24, 2.45) is 0 Å². The second-order valence-electron chi connectivity index (χ2n) is 7.10. The summed E-state index contributed by atoms with van der Waals surface area (Å²) in [7, 11) is 1.34. The van der Waals surface area contributed by atoms with Crippen LogP contribution in [0.1, 0.15) is 48.8 Å². The maximum absolute atomic E-state index is 13.1. The molecule has 0 N–H and O–H groups in total. The van der Waals surface area contributed by atoms with E-state index < -0.39 is 5.97 Å². The van der Waals surface area contributed by atoms with Crippen LogP contribution in [0.3, 0.4) is 0 Å². The fraction of sp³-hybridized carbons (Fsp3) is 0.320. The van der Waals surface area contributed by atoms with Crippen molar-refractivity contribution in [3.8, 4) is 17.0 Å². The number of rotatable bonds is 9. The maximum Gasteiger partial charge on any atom is 0.337 e. The molecular weight excluding hydrogens is 424 g/mol. The van der Waals surface area contributed by atoms with Gasteiger partial charge in [-0.05, 0) is 68.3 Å². The summed E-state index contributed by atoms with van der Waals surface area (Å²) in [6, 6.07) is 14.7. The molecule has 0 saturated carbocycles. The number of carbonyl (C=O) groups excluding carboxylic acids is 2. The number of anilines is 2. The Labute approximate surface area is 192 Å².